The molecule has 0 aromatic heterocycles. The molecule has 0 spiro atoms. The monoisotopic (exact) mass is 299 g/mol. The topological polar surface area (TPSA) is 21.3 Å². The number of aryl methyl sites for hydroxylation is 1. The van der Waals surface area contributed by atoms with Gasteiger partial charge in [0.1, 0.15) is 5.75 Å². The molecule has 3 heteroatoms. The summed E-state index contributed by atoms with van der Waals surface area (Å²) in [5.41, 5.74) is 1.29. The third kappa shape index (κ3) is 5.55. The van der Waals surface area contributed by atoms with Crippen molar-refractivity contribution in [2.45, 2.75) is 32.6 Å². The molecule has 0 bridgehead atoms. The van der Waals surface area contributed by atoms with Gasteiger partial charge in [0.25, 0.3) is 0 Å². The Balaban J connectivity index is 2.32. The summed E-state index contributed by atoms with van der Waals surface area (Å²) in [6, 6.07) is 6.19. The quantitative estimate of drug-likeness (QED) is 0.738. The van der Waals surface area contributed by atoms with Gasteiger partial charge < -0.3 is 10.1 Å². The van der Waals surface area contributed by atoms with Crippen molar-refractivity contribution in [3.63, 3.8) is 0 Å². The van der Waals surface area contributed by atoms with Crippen LogP contribution in [0.3, 0.4) is 0 Å². The summed E-state index contributed by atoms with van der Waals surface area (Å²) in [6.45, 7) is 4.43. The Kier molecular flexibility index (Phi) is 7.29. The molecule has 17 heavy (non-hydrogen) atoms. The second-order valence-corrected chi connectivity index (χ2v) is 5.08. The van der Waals surface area contributed by atoms with E-state index >= 15 is 0 Å². The van der Waals surface area contributed by atoms with E-state index in [1.807, 2.05) is 12.1 Å². The van der Waals surface area contributed by atoms with Crippen LogP contribution < -0.4 is 10.1 Å². The minimum absolute atomic E-state index is 0.995. The minimum atomic E-state index is 0.995. The highest BCUT2D eigenvalue weighted by Crippen LogP contribution is 2.24. The second-order valence-electron chi connectivity index (χ2n) is 4.16. The number of nitrogens with one attached hydrogen (secondary N) is 1. The van der Waals surface area contributed by atoms with Crippen molar-refractivity contribution in [3.05, 3.63) is 28.2 Å². The lowest BCUT2D eigenvalue weighted by atomic mass is 10.1. The van der Waals surface area contributed by atoms with Gasteiger partial charge in [0, 0.05) is 4.47 Å². The first-order valence-electron chi connectivity index (χ1n) is 6.31. The molecular formula is C14H22BrNO. The minimum Gasteiger partial charge on any atom is -0.496 e. The van der Waals surface area contributed by atoms with E-state index in [-0.39, 0.29) is 0 Å². The number of benzene rings is 1. The van der Waals surface area contributed by atoms with Gasteiger partial charge >= 0.3 is 0 Å². The van der Waals surface area contributed by atoms with Crippen LogP contribution in [0.1, 0.15) is 31.7 Å². The number of halogens is 1. The van der Waals surface area contributed by atoms with Crippen molar-refractivity contribution in [1.29, 1.82) is 0 Å². The predicted molar refractivity (Wildman–Crippen MR) is 76.8 cm³/mol. The van der Waals surface area contributed by atoms with E-state index < -0.39 is 0 Å². The first-order valence-corrected chi connectivity index (χ1v) is 7.10. The van der Waals surface area contributed by atoms with Crippen molar-refractivity contribution < 1.29 is 4.74 Å². The van der Waals surface area contributed by atoms with Crippen LogP contribution in [0.2, 0.25) is 0 Å². The molecule has 0 radical (unpaired) electrons. The molecule has 0 heterocycles. The summed E-state index contributed by atoms with van der Waals surface area (Å²) in [5.74, 6) is 0.995. The molecule has 0 saturated carbocycles. The number of unbranched alkanes of at least 4 members (excludes halogenated alkanes) is 1. The summed E-state index contributed by atoms with van der Waals surface area (Å²) in [7, 11) is 1.73. The first kappa shape index (κ1) is 14.5. The van der Waals surface area contributed by atoms with Gasteiger partial charge in [-0.25, -0.2) is 0 Å². The summed E-state index contributed by atoms with van der Waals surface area (Å²) in [6.07, 6.45) is 4.70. The van der Waals surface area contributed by atoms with Crippen molar-refractivity contribution in [2.75, 3.05) is 20.2 Å². The highest BCUT2D eigenvalue weighted by molar-refractivity contribution is 9.10. The SMILES string of the molecule is CCCNCCCCc1cc(Br)ccc1OC. The van der Waals surface area contributed by atoms with Gasteiger partial charge in [-0.15, -0.1) is 0 Å². The molecule has 1 aromatic carbocycles. The van der Waals surface area contributed by atoms with Crippen LogP contribution in [0.4, 0.5) is 0 Å². The molecule has 0 fully saturated rings. The highest BCUT2D eigenvalue weighted by atomic mass is 79.9. The Bertz CT molecular complexity index is 328. The van der Waals surface area contributed by atoms with Gasteiger partial charge in [0.2, 0.25) is 0 Å². The van der Waals surface area contributed by atoms with E-state index in [2.05, 4.69) is 34.2 Å². The Hall–Kier alpha value is -0.540. The van der Waals surface area contributed by atoms with Crippen LogP contribution in [0, 0.1) is 0 Å². The Labute approximate surface area is 113 Å². The van der Waals surface area contributed by atoms with E-state index in [4.69, 9.17) is 4.74 Å². The van der Waals surface area contributed by atoms with E-state index in [0.29, 0.717) is 0 Å². The normalized spacial score (nSPS) is 10.5. The lowest BCUT2D eigenvalue weighted by Gasteiger charge is -2.09. The molecule has 2 nitrogen and oxygen atoms in total. The fourth-order valence-corrected chi connectivity index (χ4v) is 2.22. The Morgan fingerprint density at radius 3 is 2.76 bits per heavy atom. The number of ether oxygens (including phenoxy) is 1. The van der Waals surface area contributed by atoms with E-state index in [1.165, 1.54) is 24.8 Å². The molecule has 0 amide bonds. The maximum atomic E-state index is 5.36. The summed E-state index contributed by atoms with van der Waals surface area (Å²) in [4.78, 5) is 0. The zero-order valence-electron chi connectivity index (χ0n) is 10.8. The molecule has 1 aromatic rings. The standard InChI is InChI=1S/C14H22BrNO/c1-3-9-16-10-5-4-6-12-11-13(15)7-8-14(12)17-2/h7-8,11,16H,3-6,9-10H2,1-2H3. The number of rotatable bonds is 8. The molecule has 0 aliphatic carbocycles. The summed E-state index contributed by atoms with van der Waals surface area (Å²) < 4.78 is 6.48. The van der Waals surface area contributed by atoms with Gasteiger partial charge in [0.05, 0.1) is 7.11 Å². The van der Waals surface area contributed by atoms with Crippen molar-refractivity contribution in [1.82, 2.24) is 5.32 Å². The number of methoxy groups -OCH3 is 1. The molecule has 1 rings (SSSR count). The van der Waals surface area contributed by atoms with Crippen LogP contribution >= 0.6 is 15.9 Å². The molecule has 0 atom stereocenters. The highest BCUT2D eigenvalue weighted by Gasteiger charge is 2.03. The van der Waals surface area contributed by atoms with Crippen LogP contribution in [-0.2, 0) is 6.42 Å². The van der Waals surface area contributed by atoms with Crippen LogP contribution in [0.5, 0.6) is 5.75 Å². The van der Waals surface area contributed by atoms with E-state index in [9.17, 15) is 0 Å². The van der Waals surface area contributed by atoms with Gasteiger partial charge in [-0.1, -0.05) is 22.9 Å². The Morgan fingerprint density at radius 1 is 1.24 bits per heavy atom. The van der Waals surface area contributed by atoms with Crippen molar-refractivity contribution in [2.24, 2.45) is 0 Å². The number of hydrogen-bond acceptors (Lipinski definition) is 2. The average Bonchev–Trinajstić information content (AvgIpc) is 2.34. The largest absolute Gasteiger partial charge is 0.496 e. The fraction of sp³-hybridized carbons (Fsp3) is 0.571. The summed E-state index contributed by atoms with van der Waals surface area (Å²) in [5, 5.41) is 3.42. The second kappa shape index (κ2) is 8.54. The van der Waals surface area contributed by atoms with Crippen LogP contribution in [0.15, 0.2) is 22.7 Å². The summed E-state index contributed by atoms with van der Waals surface area (Å²) >= 11 is 3.50. The van der Waals surface area contributed by atoms with Gasteiger partial charge in [-0.3, -0.25) is 0 Å². The Morgan fingerprint density at radius 2 is 2.06 bits per heavy atom. The maximum Gasteiger partial charge on any atom is 0.122 e. The molecular weight excluding hydrogens is 278 g/mol. The third-order valence-electron chi connectivity index (χ3n) is 2.72. The lowest BCUT2D eigenvalue weighted by Crippen LogP contribution is -2.15. The molecule has 0 aliphatic rings. The first-order chi connectivity index (χ1) is 8.27. The average molecular weight is 300 g/mol. The van der Waals surface area contributed by atoms with E-state index in [1.54, 1.807) is 7.11 Å². The van der Waals surface area contributed by atoms with Gasteiger partial charge in [-0.05, 0) is 62.5 Å². The molecule has 96 valence electrons. The van der Waals surface area contributed by atoms with Crippen molar-refractivity contribution in [3.8, 4) is 5.75 Å². The number of hydrogen-bond donors (Lipinski definition) is 1. The molecule has 1 N–H and O–H groups in total. The molecule has 0 saturated heterocycles. The lowest BCUT2D eigenvalue weighted by molar-refractivity contribution is 0.408. The molecule has 0 unspecified atom stereocenters. The van der Waals surface area contributed by atoms with Crippen LogP contribution in [-0.4, -0.2) is 20.2 Å². The predicted octanol–water partition coefficient (Wildman–Crippen LogP) is 3.78. The van der Waals surface area contributed by atoms with Gasteiger partial charge in [0.15, 0.2) is 0 Å². The smallest absolute Gasteiger partial charge is 0.122 e. The fourth-order valence-electron chi connectivity index (χ4n) is 1.81. The van der Waals surface area contributed by atoms with Gasteiger partial charge in [-0.2, -0.15) is 0 Å². The zero-order valence-corrected chi connectivity index (χ0v) is 12.3. The zero-order chi connectivity index (χ0) is 12.5. The third-order valence-corrected chi connectivity index (χ3v) is 3.21. The van der Waals surface area contributed by atoms with E-state index in [0.717, 1.165) is 29.7 Å². The molecule has 0 aliphatic heterocycles. The maximum absolute atomic E-state index is 5.36. The van der Waals surface area contributed by atoms with Crippen molar-refractivity contribution >= 4 is 15.9 Å². The van der Waals surface area contributed by atoms with Crippen LogP contribution in [0.25, 0.3) is 0 Å².